The molecule has 1 aliphatic carbocycles. The smallest absolute Gasteiger partial charge is 0.229 e. The standard InChI is InChI=1S/C20H20N2OS/c23-19(15-8-2-1-3-9-15)22-20-21-18(13-24-20)17-12-6-10-14-7-4-5-11-16(14)17/h4-7,10-13,15H,1-3,8-9H2,(H,21,22,23). The summed E-state index contributed by atoms with van der Waals surface area (Å²) in [7, 11) is 0. The van der Waals surface area contributed by atoms with Gasteiger partial charge in [0.25, 0.3) is 0 Å². The lowest BCUT2D eigenvalue weighted by Crippen LogP contribution is -2.24. The van der Waals surface area contributed by atoms with Crippen LogP contribution in [-0.4, -0.2) is 10.9 Å². The van der Waals surface area contributed by atoms with Crippen LogP contribution in [0.5, 0.6) is 0 Å². The van der Waals surface area contributed by atoms with E-state index in [2.05, 4.69) is 40.6 Å². The highest BCUT2D eigenvalue weighted by Gasteiger charge is 2.22. The lowest BCUT2D eigenvalue weighted by molar-refractivity contribution is -0.120. The van der Waals surface area contributed by atoms with E-state index < -0.39 is 0 Å². The number of hydrogen-bond acceptors (Lipinski definition) is 3. The van der Waals surface area contributed by atoms with Gasteiger partial charge < -0.3 is 5.32 Å². The van der Waals surface area contributed by atoms with Crippen molar-refractivity contribution < 1.29 is 4.79 Å². The molecule has 24 heavy (non-hydrogen) atoms. The summed E-state index contributed by atoms with van der Waals surface area (Å²) in [6.45, 7) is 0. The normalized spacial score (nSPS) is 15.5. The number of aromatic nitrogens is 1. The molecule has 0 radical (unpaired) electrons. The number of benzene rings is 2. The summed E-state index contributed by atoms with van der Waals surface area (Å²) in [5.41, 5.74) is 2.04. The molecule has 1 aromatic heterocycles. The molecule has 1 N–H and O–H groups in total. The molecular weight excluding hydrogens is 316 g/mol. The zero-order valence-corrected chi connectivity index (χ0v) is 14.3. The van der Waals surface area contributed by atoms with Crippen molar-refractivity contribution in [1.82, 2.24) is 4.98 Å². The van der Waals surface area contributed by atoms with Crippen molar-refractivity contribution in [3.63, 3.8) is 0 Å². The van der Waals surface area contributed by atoms with Crippen LogP contribution >= 0.6 is 11.3 Å². The summed E-state index contributed by atoms with van der Waals surface area (Å²) in [5.74, 6) is 0.289. The number of hydrogen-bond donors (Lipinski definition) is 1. The Balaban J connectivity index is 1.57. The molecule has 0 unspecified atom stereocenters. The van der Waals surface area contributed by atoms with Crippen LogP contribution in [0.15, 0.2) is 47.8 Å². The molecule has 0 atom stereocenters. The van der Waals surface area contributed by atoms with Crippen molar-refractivity contribution in [1.29, 1.82) is 0 Å². The molecule has 3 aromatic rings. The summed E-state index contributed by atoms with van der Waals surface area (Å²) in [6, 6.07) is 14.6. The number of amides is 1. The molecule has 1 fully saturated rings. The number of anilines is 1. The van der Waals surface area contributed by atoms with Crippen LogP contribution in [-0.2, 0) is 4.79 Å². The second-order valence-electron chi connectivity index (χ2n) is 6.39. The Labute approximate surface area is 145 Å². The molecule has 0 bridgehead atoms. The van der Waals surface area contributed by atoms with Gasteiger partial charge in [-0.1, -0.05) is 61.7 Å². The van der Waals surface area contributed by atoms with E-state index in [1.807, 2.05) is 17.5 Å². The van der Waals surface area contributed by atoms with Crippen LogP contribution in [0.2, 0.25) is 0 Å². The third-order valence-electron chi connectivity index (χ3n) is 4.78. The molecule has 2 aromatic carbocycles. The predicted molar refractivity (Wildman–Crippen MR) is 100 cm³/mol. The van der Waals surface area contributed by atoms with Crippen molar-refractivity contribution in [2.75, 3.05) is 5.32 Å². The zero-order valence-electron chi connectivity index (χ0n) is 13.5. The minimum Gasteiger partial charge on any atom is -0.302 e. The largest absolute Gasteiger partial charge is 0.302 e. The Bertz CT molecular complexity index is 859. The van der Waals surface area contributed by atoms with E-state index in [1.165, 1.54) is 28.5 Å². The third-order valence-corrected chi connectivity index (χ3v) is 5.53. The van der Waals surface area contributed by atoms with Gasteiger partial charge in [-0.15, -0.1) is 11.3 Å². The van der Waals surface area contributed by atoms with Gasteiger partial charge in [0.15, 0.2) is 5.13 Å². The van der Waals surface area contributed by atoms with E-state index in [-0.39, 0.29) is 11.8 Å². The SMILES string of the molecule is O=C(Nc1nc(-c2cccc3ccccc23)cs1)C1CCCCC1. The second-order valence-corrected chi connectivity index (χ2v) is 7.25. The molecule has 1 saturated carbocycles. The van der Waals surface area contributed by atoms with Gasteiger partial charge in [0.2, 0.25) is 5.91 Å². The molecule has 4 heteroatoms. The number of carbonyl (C=O) groups excluding carboxylic acids is 1. The van der Waals surface area contributed by atoms with Crippen LogP contribution in [0.25, 0.3) is 22.0 Å². The fourth-order valence-corrected chi connectivity index (χ4v) is 4.19. The van der Waals surface area contributed by atoms with Crippen LogP contribution < -0.4 is 5.32 Å². The Kier molecular flexibility index (Phi) is 4.30. The average molecular weight is 336 g/mol. The summed E-state index contributed by atoms with van der Waals surface area (Å²) >= 11 is 1.50. The quantitative estimate of drug-likeness (QED) is 0.688. The first kappa shape index (κ1) is 15.3. The topological polar surface area (TPSA) is 42.0 Å². The van der Waals surface area contributed by atoms with Crippen LogP contribution in [0.3, 0.4) is 0 Å². The van der Waals surface area contributed by atoms with Crippen LogP contribution in [0.1, 0.15) is 32.1 Å². The summed E-state index contributed by atoms with van der Waals surface area (Å²) in [5, 5.41) is 8.14. The Hall–Kier alpha value is -2.20. The van der Waals surface area contributed by atoms with Crippen molar-refractivity contribution in [3.8, 4) is 11.3 Å². The van der Waals surface area contributed by atoms with Gasteiger partial charge in [-0.05, 0) is 23.6 Å². The van der Waals surface area contributed by atoms with Gasteiger partial charge in [-0.3, -0.25) is 4.79 Å². The van der Waals surface area contributed by atoms with Gasteiger partial charge in [0.1, 0.15) is 0 Å². The maximum atomic E-state index is 12.4. The number of nitrogens with one attached hydrogen (secondary N) is 1. The van der Waals surface area contributed by atoms with E-state index in [1.54, 1.807) is 0 Å². The fourth-order valence-electron chi connectivity index (χ4n) is 3.48. The van der Waals surface area contributed by atoms with Crippen LogP contribution in [0, 0.1) is 5.92 Å². The van der Waals surface area contributed by atoms with Crippen molar-refractivity contribution >= 4 is 33.1 Å². The molecule has 1 amide bonds. The average Bonchev–Trinajstić information content (AvgIpc) is 3.10. The highest BCUT2D eigenvalue weighted by molar-refractivity contribution is 7.14. The van der Waals surface area contributed by atoms with Gasteiger partial charge >= 0.3 is 0 Å². The minimum atomic E-state index is 0.133. The van der Waals surface area contributed by atoms with Crippen molar-refractivity contribution in [2.45, 2.75) is 32.1 Å². The monoisotopic (exact) mass is 336 g/mol. The van der Waals surface area contributed by atoms with E-state index in [0.29, 0.717) is 5.13 Å². The zero-order chi connectivity index (χ0) is 16.4. The molecule has 1 aliphatic rings. The Morgan fingerprint density at radius 1 is 1.04 bits per heavy atom. The van der Waals surface area contributed by atoms with Crippen molar-refractivity contribution in [2.24, 2.45) is 5.92 Å². The minimum absolute atomic E-state index is 0.133. The maximum Gasteiger partial charge on any atom is 0.229 e. The number of fused-ring (bicyclic) bond motifs is 1. The summed E-state index contributed by atoms with van der Waals surface area (Å²) < 4.78 is 0. The number of carbonyl (C=O) groups is 1. The fraction of sp³-hybridized carbons (Fsp3) is 0.300. The first-order valence-electron chi connectivity index (χ1n) is 8.56. The first-order chi connectivity index (χ1) is 11.8. The molecule has 1 heterocycles. The molecular formula is C20H20N2OS. The van der Waals surface area contributed by atoms with E-state index in [4.69, 9.17) is 0 Å². The highest BCUT2D eigenvalue weighted by Crippen LogP contribution is 2.31. The molecule has 4 rings (SSSR count). The summed E-state index contributed by atoms with van der Waals surface area (Å²) in [6.07, 6.45) is 5.60. The number of thiazole rings is 1. The molecule has 0 spiro atoms. The van der Waals surface area contributed by atoms with Crippen molar-refractivity contribution in [3.05, 3.63) is 47.8 Å². The highest BCUT2D eigenvalue weighted by atomic mass is 32.1. The molecule has 0 saturated heterocycles. The first-order valence-corrected chi connectivity index (χ1v) is 9.44. The Morgan fingerprint density at radius 2 is 1.83 bits per heavy atom. The number of rotatable bonds is 3. The van der Waals surface area contributed by atoms with E-state index in [0.717, 1.165) is 36.9 Å². The molecule has 0 aliphatic heterocycles. The van der Waals surface area contributed by atoms with E-state index in [9.17, 15) is 4.79 Å². The predicted octanol–water partition coefficient (Wildman–Crippen LogP) is 5.48. The van der Waals surface area contributed by atoms with Gasteiger partial charge in [0, 0.05) is 16.9 Å². The Morgan fingerprint density at radius 3 is 2.71 bits per heavy atom. The lowest BCUT2D eigenvalue weighted by atomic mass is 9.89. The summed E-state index contributed by atoms with van der Waals surface area (Å²) in [4.78, 5) is 17.0. The maximum absolute atomic E-state index is 12.4. The van der Waals surface area contributed by atoms with Gasteiger partial charge in [-0.2, -0.15) is 0 Å². The molecule has 122 valence electrons. The van der Waals surface area contributed by atoms with E-state index >= 15 is 0 Å². The lowest BCUT2D eigenvalue weighted by Gasteiger charge is -2.19. The second kappa shape index (κ2) is 6.73. The number of nitrogens with zero attached hydrogens (tertiary/aromatic N) is 1. The van der Waals surface area contributed by atoms with Gasteiger partial charge in [0.05, 0.1) is 5.69 Å². The van der Waals surface area contributed by atoms with Crippen LogP contribution in [0.4, 0.5) is 5.13 Å². The third kappa shape index (κ3) is 3.06. The molecule has 3 nitrogen and oxygen atoms in total. The van der Waals surface area contributed by atoms with Gasteiger partial charge in [-0.25, -0.2) is 4.98 Å².